The minimum absolute atomic E-state index is 0.223. The highest BCUT2D eigenvalue weighted by molar-refractivity contribution is 5.79. The number of hydrogen-bond acceptors (Lipinski definition) is 7. The number of benzene rings is 3. The maximum Gasteiger partial charge on any atom is 0.350 e. The predicted molar refractivity (Wildman–Crippen MR) is 139 cm³/mol. The second kappa shape index (κ2) is 12.1. The molecule has 4 aromatic rings. The van der Waals surface area contributed by atoms with Crippen molar-refractivity contribution in [1.29, 1.82) is 0 Å². The van der Waals surface area contributed by atoms with Gasteiger partial charge in [-0.05, 0) is 74.4 Å². The molecule has 0 spiro atoms. The van der Waals surface area contributed by atoms with Gasteiger partial charge >= 0.3 is 5.97 Å². The molecule has 0 bridgehead atoms. The summed E-state index contributed by atoms with van der Waals surface area (Å²) in [6, 6.07) is 26.7. The Morgan fingerprint density at radius 3 is 2.11 bits per heavy atom. The van der Waals surface area contributed by atoms with Crippen molar-refractivity contribution in [2.75, 3.05) is 6.61 Å². The number of nitrogens with zero attached hydrogens (tertiary/aromatic N) is 1. The largest absolute Gasteiger partial charge is 0.489 e. The zero-order valence-electron chi connectivity index (χ0n) is 21.3. The Morgan fingerprint density at radius 1 is 0.838 bits per heavy atom. The van der Waals surface area contributed by atoms with Crippen molar-refractivity contribution in [1.82, 2.24) is 5.16 Å². The number of aromatic nitrogens is 1. The molecule has 1 unspecified atom stereocenters. The van der Waals surface area contributed by atoms with Gasteiger partial charge in [0.25, 0.3) is 0 Å². The summed E-state index contributed by atoms with van der Waals surface area (Å²) in [5.74, 6) is 2.20. The molecule has 3 aromatic carbocycles. The lowest BCUT2D eigenvalue weighted by Gasteiger charge is -2.27. The number of carbonyl (C=O) groups is 1. The van der Waals surface area contributed by atoms with Gasteiger partial charge in [0.1, 0.15) is 36.2 Å². The second-order valence-corrected chi connectivity index (χ2v) is 8.64. The maximum absolute atomic E-state index is 12.2. The summed E-state index contributed by atoms with van der Waals surface area (Å²) in [6.45, 7) is 6.43. The SMILES string of the molecule is CCOC(=O)C(C)(CC)Oc1ccc(OCc2cc(-c3ccc(OCc4ccccc4)cc3)no2)cc1. The van der Waals surface area contributed by atoms with Crippen molar-refractivity contribution in [3.8, 4) is 28.5 Å². The van der Waals surface area contributed by atoms with Crippen LogP contribution in [-0.4, -0.2) is 23.3 Å². The Bertz CT molecular complexity index is 1270. The number of carbonyl (C=O) groups excluding carboxylic acids is 1. The molecule has 7 heteroatoms. The molecule has 1 atom stereocenters. The first-order chi connectivity index (χ1) is 18.0. The molecule has 4 rings (SSSR count). The van der Waals surface area contributed by atoms with Gasteiger partial charge in [0, 0.05) is 11.6 Å². The highest BCUT2D eigenvalue weighted by Crippen LogP contribution is 2.27. The van der Waals surface area contributed by atoms with E-state index in [1.165, 1.54) is 0 Å². The van der Waals surface area contributed by atoms with E-state index in [4.69, 9.17) is 23.5 Å². The van der Waals surface area contributed by atoms with Gasteiger partial charge in [0.2, 0.25) is 5.60 Å². The van der Waals surface area contributed by atoms with Crippen LogP contribution in [0.5, 0.6) is 17.2 Å². The van der Waals surface area contributed by atoms with Crippen LogP contribution in [0, 0.1) is 0 Å². The Hall–Kier alpha value is -4.26. The molecule has 0 amide bonds. The third-order valence-corrected chi connectivity index (χ3v) is 5.89. The fourth-order valence-corrected chi connectivity index (χ4v) is 3.54. The van der Waals surface area contributed by atoms with Crippen LogP contribution in [0.1, 0.15) is 38.5 Å². The van der Waals surface area contributed by atoms with Gasteiger partial charge in [-0.15, -0.1) is 0 Å². The second-order valence-electron chi connectivity index (χ2n) is 8.64. The topological polar surface area (TPSA) is 80.0 Å². The first-order valence-electron chi connectivity index (χ1n) is 12.3. The van der Waals surface area contributed by atoms with E-state index in [2.05, 4.69) is 5.16 Å². The first-order valence-corrected chi connectivity index (χ1v) is 12.3. The molecule has 1 heterocycles. The molecule has 7 nitrogen and oxygen atoms in total. The van der Waals surface area contributed by atoms with E-state index < -0.39 is 5.60 Å². The van der Waals surface area contributed by atoms with Crippen molar-refractivity contribution in [3.63, 3.8) is 0 Å². The molecule has 37 heavy (non-hydrogen) atoms. The lowest BCUT2D eigenvalue weighted by atomic mass is 10.0. The highest BCUT2D eigenvalue weighted by Gasteiger charge is 2.35. The molecule has 192 valence electrons. The highest BCUT2D eigenvalue weighted by atomic mass is 16.6. The van der Waals surface area contributed by atoms with Gasteiger partial charge in [-0.25, -0.2) is 4.79 Å². The van der Waals surface area contributed by atoms with Crippen LogP contribution in [0.25, 0.3) is 11.3 Å². The van der Waals surface area contributed by atoms with Crippen LogP contribution in [0.4, 0.5) is 0 Å². The van der Waals surface area contributed by atoms with Gasteiger partial charge in [-0.2, -0.15) is 0 Å². The monoisotopic (exact) mass is 501 g/mol. The van der Waals surface area contributed by atoms with Crippen molar-refractivity contribution >= 4 is 5.97 Å². The molecule has 0 saturated heterocycles. The summed E-state index contributed by atoms with van der Waals surface area (Å²) >= 11 is 0. The summed E-state index contributed by atoms with van der Waals surface area (Å²) < 4.78 is 28.2. The molecule has 0 aliphatic heterocycles. The van der Waals surface area contributed by atoms with Crippen LogP contribution in [-0.2, 0) is 22.7 Å². The smallest absolute Gasteiger partial charge is 0.350 e. The Labute approximate surface area is 216 Å². The number of hydrogen-bond donors (Lipinski definition) is 0. The Balaban J connectivity index is 1.29. The molecule has 0 aliphatic rings. The normalized spacial score (nSPS) is 12.4. The van der Waals surface area contributed by atoms with E-state index in [9.17, 15) is 4.79 Å². The summed E-state index contributed by atoms with van der Waals surface area (Å²) in [5.41, 5.74) is 1.71. The molecule has 0 N–H and O–H groups in total. The average Bonchev–Trinajstić information content (AvgIpc) is 3.41. The first kappa shape index (κ1) is 25.8. The molecular formula is C30H31NO6. The summed E-state index contributed by atoms with van der Waals surface area (Å²) in [6.07, 6.45) is 0.487. The van der Waals surface area contributed by atoms with Gasteiger partial charge < -0.3 is 23.5 Å². The van der Waals surface area contributed by atoms with E-state index in [1.807, 2.05) is 67.6 Å². The third-order valence-electron chi connectivity index (χ3n) is 5.89. The molecule has 0 aliphatic carbocycles. The van der Waals surface area contributed by atoms with Crippen molar-refractivity contribution in [3.05, 3.63) is 96.3 Å². The van der Waals surface area contributed by atoms with Gasteiger partial charge in [0.05, 0.1) is 6.61 Å². The van der Waals surface area contributed by atoms with Crippen molar-refractivity contribution in [2.24, 2.45) is 0 Å². The standard InChI is InChI=1S/C30H31NO6/c1-4-30(3,29(32)33-5-2)36-26-17-15-25(16-18-26)35-21-27-19-28(31-37-27)23-11-13-24(14-12-23)34-20-22-9-7-6-8-10-22/h6-19H,4-5,20-21H2,1-3H3. The lowest BCUT2D eigenvalue weighted by molar-refractivity contribution is -0.160. The number of esters is 1. The fourth-order valence-electron chi connectivity index (χ4n) is 3.54. The van der Waals surface area contributed by atoms with E-state index in [0.717, 1.165) is 22.6 Å². The lowest BCUT2D eigenvalue weighted by Crippen LogP contribution is -2.42. The van der Waals surface area contributed by atoms with Gasteiger partial charge in [-0.1, -0.05) is 42.4 Å². The molecular weight excluding hydrogens is 470 g/mol. The average molecular weight is 502 g/mol. The quantitative estimate of drug-likeness (QED) is 0.202. The van der Waals surface area contributed by atoms with Gasteiger partial charge in [0.15, 0.2) is 5.76 Å². The van der Waals surface area contributed by atoms with Crippen LogP contribution in [0.3, 0.4) is 0 Å². The summed E-state index contributed by atoms with van der Waals surface area (Å²) in [7, 11) is 0. The fraction of sp³-hybridized carbons (Fsp3) is 0.267. The van der Waals surface area contributed by atoms with Crippen LogP contribution in [0.15, 0.2) is 89.5 Å². The summed E-state index contributed by atoms with van der Waals surface area (Å²) in [5, 5.41) is 4.16. The van der Waals surface area contributed by atoms with Crippen LogP contribution in [0.2, 0.25) is 0 Å². The minimum Gasteiger partial charge on any atom is -0.489 e. The Kier molecular flexibility index (Phi) is 8.46. The predicted octanol–water partition coefficient (Wildman–Crippen LogP) is 6.61. The van der Waals surface area contributed by atoms with Gasteiger partial charge in [-0.3, -0.25) is 0 Å². The van der Waals surface area contributed by atoms with Crippen molar-refractivity contribution < 1.29 is 28.3 Å². The maximum atomic E-state index is 12.2. The zero-order chi connectivity index (χ0) is 26.1. The number of rotatable bonds is 12. The number of ether oxygens (including phenoxy) is 4. The van der Waals surface area contributed by atoms with E-state index in [0.29, 0.717) is 36.9 Å². The molecule has 0 saturated carbocycles. The van der Waals surface area contributed by atoms with E-state index in [-0.39, 0.29) is 12.6 Å². The molecule has 1 aromatic heterocycles. The summed E-state index contributed by atoms with van der Waals surface area (Å²) in [4.78, 5) is 12.2. The Morgan fingerprint density at radius 2 is 1.46 bits per heavy atom. The third kappa shape index (κ3) is 6.91. The van der Waals surface area contributed by atoms with Crippen LogP contribution >= 0.6 is 0 Å². The molecule has 0 radical (unpaired) electrons. The van der Waals surface area contributed by atoms with Crippen molar-refractivity contribution in [2.45, 2.75) is 46.0 Å². The zero-order valence-corrected chi connectivity index (χ0v) is 21.3. The minimum atomic E-state index is -1.04. The molecule has 0 fully saturated rings. The van der Waals surface area contributed by atoms with E-state index >= 15 is 0 Å². The van der Waals surface area contributed by atoms with E-state index in [1.54, 1.807) is 38.1 Å². The van der Waals surface area contributed by atoms with Crippen LogP contribution < -0.4 is 14.2 Å².